The van der Waals surface area contributed by atoms with Crippen LogP contribution in [0.3, 0.4) is 0 Å². The van der Waals surface area contributed by atoms with Crippen molar-refractivity contribution in [2.45, 2.75) is 31.2 Å². The lowest BCUT2D eigenvalue weighted by atomic mass is 9.96. The summed E-state index contributed by atoms with van der Waals surface area (Å²) in [6, 6.07) is 16.0. The van der Waals surface area contributed by atoms with Crippen molar-refractivity contribution >= 4 is 27.5 Å². The van der Waals surface area contributed by atoms with Crippen molar-refractivity contribution < 1.29 is 4.79 Å². The molecule has 0 aliphatic carbocycles. The standard InChI is InChI=1S/C23H24N4O2S/c1-27-20-12-17(9-10-21(20)30-23(27)29)15-5-7-16(8-6-15)18(13-24)14-26-22(28)19-4-2-3-11-25-19/h5-10,12,18-19,25H,2-4,11,14H2,1H3,(H,26,28)/t18-,19-/m0/s1. The molecule has 154 valence electrons. The third-order valence-electron chi connectivity index (χ3n) is 5.70. The third-order valence-corrected chi connectivity index (χ3v) is 6.71. The Bertz CT molecular complexity index is 1150. The Labute approximate surface area is 179 Å². The third kappa shape index (κ3) is 4.16. The summed E-state index contributed by atoms with van der Waals surface area (Å²) in [5.74, 6) is -0.423. The second-order valence-electron chi connectivity index (χ2n) is 7.66. The first kappa shape index (κ1) is 20.3. The number of nitrogens with one attached hydrogen (secondary N) is 2. The zero-order chi connectivity index (χ0) is 21.1. The number of thiazole rings is 1. The van der Waals surface area contributed by atoms with Crippen molar-refractivity contribution in [2.24, 2.45) is 7.05 Å². The van der Waals surface area contributed by atoms with E-state index in [0.29, 0.717) is 6.54 Å². The molecule has 0 radical (unpaired) electrons. The van der Waals surface area contributed by atoms with E-state index in [1.54, 1.807) is 11.6 Å². The summed E-state index contributed by atoms with van der Waals surface area (Å²) in [6.07, 6.45) is 3.00. The molecule has 2 atom stereocenters. The first-order valence-electron chi connectivity index (χ1n) is 10.2. The summed E-state index contributed by atoms with van der Waals surface area (Å²) < 4.78 is 2.63. The number of amides is 1. The molecular weight excluding hydrogens is 396 g/mol. The number of nitriles is 1. The zero-order valence-corrected chi connectivity index (χ0v) is 17.7. The van der Waals surface area contributed by atoms with Gasteiger partial charge in [0.15, 0.2) is 0 Å². The maximum absolute atomic E-state index is 12.3. The molecule has 0 saturated carbocycles. The Hall–Kier alpha value is -2.95. The molecule has 4 rings (SSSR count). The largest absolute Gasteiger partial charge is 0.353 e. The number of hydrogen-bond acceptors (Lipinski definition) is 5. The number of piperidine rings is 1. The minimum Gasteiger partial charge on any atom is -0.353 e. The van der Waals surface area contributed by atoms with Gasteiger partial charge in [0.1, 0.15) is 0 Å². The lowest BCUT2D eigenvalue weighted by molar-refractivity contribution is -0.123. The number of fused-ring (bicyclic) bond motifs is 1. The molecular formula is C23H24N4O2S. The van der Waals surface area contributed by atoms with Gasteiger partial charge in [-0.25, -0.2) is 0 Å². The number of nitrogens with zero attached hydrogens (tertiary/aromatic N) is 2. The van der Waals surface area contributed by atoms with Crippen molar-refractivity contribution in [1.29, 1.82) is 5.26 Å². The lowest BCUT2D eigenvalue weighted by Crippen LogP contribution is -2.47. The van der Waals surface area contributed by atoms with Gasteiger partial charge in [0.2, 0.25) is 5.91 Å². The van der Waals surface area contributed by atoms with Crippen LogP contribution in [0.5, 0.6) is 0 Å². The van der Waals surface area contributed by atoms with Gasteiger partial charge in [0.05, 0.1) is 28.2 Å². The van der Waals surface area contributed by atoms with Crippen LogP contribution in [0, 0.1) is 11.3 Å². The van der Waals surface area contributed by atoms with Crippen molar-refractivity contribution in [1.82, 2.24) is 15.2 Å². The van der Waals surface area contributed by atoms with Crippen molar-refractivity contribution in [2.75, 3.05) is 13.1 Å². The van der Waals surface area contributed by atoms with Crippen LogP contribution in [-0.4, -0.2) is 29.6 Å². The van der Waals surface area contributed by atoms with Crippen LogP contribution in [0.4, 0.5) is 0 Å². The first-order valence-corrected chi connectivity index (χ1v) is 11.0. The number of benzene rings is 2. The van der Waals surface area contributed by atoms with Crippen LogP contribution in [0.2, 0.25) is 0 Å². The Kier molecular flexibility index (Phi) is 5.98. The number of hydrogen-bond donors (Lipinski definition) is 2. The summed E-state index contributed by atoms with van der Waals surface area (Å²) in [5, 5.41) is 15.7. The summed E-state index contributed by atoms with van der Waals surface area (Å²) in [7, 11) is 1.78. The van der Waals surface area contributed by atoms with Gasteiger partial charge in [-0.2, -0.15) is 5.26 Å². The quantitative estimate of drug-likeness (QED) is 0.664. The van der Waals surface area contributed by atoms with Gasteiger partial charge in [-0.3, -0.25) is 9.59 Å². The van der Waals surface area contributed by atoms with E-state index in [0.717, 1.165) is 52.7 Å². The van der Waals surface area contributed by atoms with Crippen LogP contribution in [-0.2, 0) is 11.8 Å². The van der Waals surface area contributed by atoms with Crippen molar-refractivity contribution in [3.05, 3.63) is 57.7 Å². The topological polar surface area (TPSA) is 86.9 Å². The molecule has 0 unspecified atom stereocenters. The van der Waals surface area contributed by atoms with Crippen molar-refractivity contribution in [3.8, 4) is 17.2 Å². The number of carbonyl (C=O) groups excluding carboxylic acids is 1. The van der Waals surface area contributed by atoms with E-state index in [2.05, 4.69) is 16.7 Å². The monoisotopic (exact) mass is 420 g/mol. The summed E-state index contributed by atoms with van der Waals surface area (Å²) in [4.78, 5) is 24.2. The average Bonchev–Trinajstić information content (AvgIpc) is 3.08. The Morgan fingerprint density at radius 1 is 1.27 bits per heavy atom. The summed E-state index contributed by atoms with van der Waals surface area (Å²) >= 11 is 1.24. The number of aromatic nitrogens is 1. The van der Waals surface area contributed by atoms with Crippen LogP contribution in [0.25, 0.3) is 21.3 Å². The fourth-order valence-electron chi connectivity index (χ4n) is 3.85. The Morgan fingerprint density at radius 3 is 2.73 bits per heavy atom. The van der Waals surface area contributed by atoms with Gasteiger partial charge in [-0.15, -0.1) is 0 Å². The molecule has 0 spiro atoms. The maximum Gasteiger partial charge on any atom is 0.307 e. The molecule has 2 N–H and O–H groups in total. The molecule has 2 heterocycles. The highest BCUT2D eigenvalue weighted by Crippen LogP contribution is 2.27. The predicted molar refractivity (Wildman–Crippen MR) is 120 cm³/mol. The van der Waals surface area contributed by atoms with Crippen LogP contribution in [0.1, 0.15) is 30.7 Å². The van der Waals surface area contributed by atoms with E-state index in [9.17, 15) is 14.9 Å². The van der Waals surface area contributed by atoms with Crippen LogP contribution < -0.4 is 15.5 Å². The molecule has 1 saturated heterocycles. The highest BCUT2D eigenvalue weighted by atomic mass is 32.1. The van der Waals surface area contributed by atoms with Crippen LogP contribution in [0.15, 0.2) is 47.3 Å². The molecule has 1 aliphatic rings. The molecule has 3 aromatic rings. The molecule has 7 heteroatoms. The molecule has 1 aromatic heterocycles. The van der Waals surface area contributed by atoms with E-state index in [1.807, 2.05) is 42.5 Å². The second-order valence-corrected chi connectivity index (χ2v) is 8.65. The number of carbonyl (C=O) groups is 1. The zero-order valence-electron chi connectivity index (χ0n) is 16.9. The molecule has 6 nitrogen and oxygen atoms in total. The normalized spacial score (nSPS) is 17.4. The van der Waals surface area contributed by atoms with Gasteiger partial charge in [0.25, 0.3) is 0 Å². The van der Waals surface area contributed by atoms with E-state index in [1.165, 1.54) is 11.3 Å². The van der Waals surface area contributed by atoms with E-state index < -0.39 is 5.92 Å². The fourth-order valence-corrected chi connectivity index (χ4v) is 4.71. The van der Waals surface area contributed by atoms with Gasteiger partial charge >= 0.3 is 4.87 Å². The van der Waals surface area contributed by atoms with E-state index in [-0.39, 0.29) is 16.8 Å². The van der Waals surface area contributed by atoms with Gasteiger partial charge in [-0.05, 0) is 48.2 Å². The number of rotatable bonds is 5. The minimum absolute atomic E-state index is 0.0266. The van der Waals surface area contributed by atoms with E-state index >= 15 is 0 Å². The second kappa shape index (κ2) is 8.82. The van der Waals surface area contributed by atoms with Gasteiger partial charge < -0.3 is 15.2 Å². The SMILES string of the molecule is Cn1c(=O)sc2ccc(-c3ccc([C@@H](C#N)CNC(=O)[C@@H]4CCCCN4)cc3)cc21. The Morgan fingerprint density at radius 2 is 2.03 bits per heavy atom. The highest BCUT2D eigenvalue weighted by molar-refractivity contribution is 7.16. The fraction of sp³-hybridized carbons (Fsp3) is 0.348. The molecule has 2 aromatic carbocycles. The molecule has 1 aliphatic heterocycles. The molecule has 30 heavy (non-hydrogen) atoms. The lowest BCUT2D eigenvalue weighted by Gasteiger charge is -2.23. The summed E-state index contributed by atoms with van der Waals surface area (Å²) in [5.41, 5.74) is 3.83. The first-order chi connectivity index (χ1) is 14.6. The smallest absolute Gasteiger partial charge is 0.307 e. The number of aryl methyl sites for hydroxylation is 1. The maximum atomic E-state index is 12.3. The van der Waals surface area contributed by atoms with Crippen molar-refractivity contribution in [3.63, 3.8) is 0 Å². The molecule has 0 bridgehead atoms. The predicted octanol–water partition coefficient (Wildman–Crippen LogP) is 3.13. The summed E-state index contributed by atoms with van der Waals surface area (Å²) in [6.45, 7) is 1.17. The molecule has 1 amide bonds. The average molecular weight is 421 g/mol. The van der Waals surface area contributed by atoms with Crippen LogP contribution >= 0.6 is 11.3 Å². The van der Waals surface area contributed by atoms with E-state index in [4.69, 9.17) is 0 Å². The minimum atomic E-state index is -0.397. The van der Waals surface area contributed by atoms with Gasteiger partial charge in [0, 0.05) is 13.6 Å². The highest BCUT2D eigenvalue weighted by Gasteiger charge is 2.21. The van der Waals surface area contributed by atoms with Gasteiger partial charge in [-0.1, -0.05) is 48.1 Å². The Balaban J connectivity index is 1.46. The molecule has 1 fully saturated rings.